The monoisotopic (exact) mass is 383 g/mol. The second kappa shape index (κ2) is 8.54. The van der Waals surface area contributed by atoms with E-state index >= 15 is 0 Å². The van der Waals surface area contributed by atoms with Crippen LogP contribution in [0.1, 0.15) is 60.3 Å². The highest BCUT2D eigenvalue weighted by Crippen LogP contribution is 2.38. The first kappa shape index (κ1) is 20.0. The Hall–Kier alpha value is -2.70. The van der Waals surface area contributed by atoms with Gasteiger partial charge in [-0.05, 0) is 49.8 Å². The molecule has 7 heteroatoms. The Kier molecular flexibility index (Phi) is 6.11. The van der Waals surface area contributed by atoms with Crippen LogP contribution in [-0.2, 0) is 4.79 Å². The third kappa shape index (κ3) is 4.40. The second-order valence-corrected chi connectivity index (χ2v) is 7.87. The predicted molar refractivity (Wildman–Crippen MR) is 107 cm³/mol. The SMILES string of the molecule is CNC(=O)CC1(CNC(=O)c2nnn(-c3cccc(C)c3)c2C)CCCCC1. The van der Waals surface area contributed by atoms with Crippen LogP contribution in [0.15, 0.2) is 24.3 Å². The maximum atomic E-state index is 12.8. The normalized spacial score (nSPS) is 15.8. The van der Waals surface area contributed by atoms with Crippen LogP contribution in [0.5, 0.6) is 0 Å². The van der Waals surface area contributed by atoms with Crippen molar-refractivity contribution in [2.45, 2.75) is 52.4 Å². The maximum absolute atomic E-state index is 12.8. The number of aromatic nitrogens is 3. The number of aryl methyl sites for hydroxylation is 1. The van der Waals surface area contributed by atoms with Gasteiger partial charge in [0.15, 0.2) is 5.69 Å². The molecular weight excluding hydrogens is 354 g/mol. The van der Waals surface area contributed by atoms with E-state index in [1.165, 1.54) is 6.42 Å². The number of carbonyl (C=O) groups excluding carboxylic acids is 2. The van der Waals surface area contributed by atoms with E-state index < -0.39 is 0 Å². The van der Waals surface area contributed by atoms with Gasteiger partial charge in [-0.3, -0.25) is 9.59 Å². The van der Waals surface area contributed by atoms with Crippen LogP contribution in [0, 0.1) is 19.3 Å². The van der Waals surface area contributed by atoms with Crippen molar-refractivity contribution in [2.24, 2.45) is 5.41 Å². The van der Waals surface area contributed by atoms with Gasteiger partial charge in [0.25, 0.3) is 5.91 Å². The van der Waals surface area contributed by atoms with Gasteiger partial charge in [-0.2, -0.15) is 0 Å². The summed E-state index contributed by atoms with van der Waals surface area (Å²) in [4.78, 5) is 24.8. The van der Waals surface area contributed by atoms with E-state index in [2.05, 4.69) is 20.9 Å². The zero-order chi connectivity index (χ0) is 20.1. The van der Waals surface area contributed by atoms with Gasteiger partial charge in [0.05, 0.1) is 11.4 Å². The molecule has 150 valence electrons. The van der Waals surface area contributed by atoms with E-state index in [-0.39, 0.29) is 17.2 Å². The molecule has 0 bridgehead atoms. The Morgan fingerprint density at radius 1 is 1.18 bits per heavy atom. The van der Waals surface area contributed by atoms with E-state index in [0.717, 1.165) is 36.9 Å². The highest BCUT2D eigenvalue weighted by atomic mass is 16.2. The zero-order valence-corrected chi connectivity index (χ0v) is 16.9. The fourth-order valence-electron chi connectivity index (χ4n) is 4.04. The highest BCUT2D eigenvalue weighted by Gasteiger charge is 2.35. The van der Waals surface area contributed by atoms with E-state index in [0.29, 0.717) is 24.4 Å². The summed E-state index contributed by atoms with van der Waals surface area (Å²) >= 11 is 0. The number of benzene rings is 1. The Morgan fingerprint density at radius 3 is 2.61 bits per heavy atom. The fraction of sp³-hybridized carbons (Fsp3) is 0.524. The van der Waals surface area contributed by atoms with Crippen molar-refractivity contribution < 1.29 is 9.59 Å². The number of carbonyl (C=O) groups is 2. The molecular formula is C21H29N5O2. The molecule has 0 aliphatic heterocycles. The third-order valence-corrected chi connectivity index (χ3v) is 5.71. The average Bonchev–Trinajstić information content (AvgIpc) is 3.08. The van der Waals surface area contributed by atoms with Crippen molar-refractivity contribution in [1.82, 2.24) is 25.6 Å². The lowest BCUT2D eigenvalue weighted by atomic mass is 9.71. The van der Waals surface area contributed by atoms with Gasteiger partial charge in [-0.1, -0.05) is 36.6 Å². The Morgan fingerprint density at radius 2 is 1.93 bits per heavy atom. The van der Waals surface area contributed by atoms with Crippen LogP contribution in [0.25, 0.3) is 5.69 Å². The lowest BCUT2D eigenvalue weighted by Crippen LogP contribution is -2.42. The molecule has 1 aromatic carbocycles. The van der Waals surface area contributed by atoms with E-state index in [4.69, 9.17) is 0 Å². The lowest BCUT2D eigenvalue weighted by molar-refractivity contribution is -0.123. The quantitative estimate of drug-likeness (QED) is 0.803. The second-order valence-electron chi connectivity index (χ2n) is 7.87. The van der Waals surface area contributed by atoms with Gasteiger partial charge >= 0.3 is 0 Å². The highest BCUT2D eigenvalue weighted by molar-refractivity contribution is 5.93. The number of hydrogen-bond donors (Lipinski definition) is 2. The summed E-state index contributed by atoms with van der Waals surface area (Å²) in [5.74, 6) is -0.212. The summed E-state index contributed by atoms with van der Waals surface area (Å²) < 4.78 is 1.68. The average molecular weight is 383 g/mol. The molecule has 0 spiro atoms. The summed E-state index contributed by atoms with van der Waals surface area (Å²) in [6.45, 7) is 4.34. The Balaban J connectivity index is 1.73. The molecule has 1 aromatic heterocycles. The summed E-state index contributed by atoms with van der Waals surface area (Å²) in [5.41, 5.74) is 2.85. The van der Waals surface area contributed by atoms with E-state index in [9.17, 15) is 9.59 Å². The largest absolute Gasteiger partial charge is 0.359 e. The van der Waals surface area contributed by atoms with Gasteiger partial charge in [-0.15, -0.1) is 5.10 Å². The standard InChI is InChI=1S/C21H29N5O2/c1-15-8-7-9-17(12-15)26-16(2)19(24-25-26)20(28)23-14-21(13-18(27)22-3)10-5-4-6-11-21/h7-9,12H,4-6,10-11,13-14H2,1-3H3,(H,22,27)(H,23,28). The summed E-state index contributed by atoms with van der Waals surface area (Å²) in [6.07, 6.45) is 5.72. The first-order chi connectivity index (χ1) is 13.4. The molecule has 2 aromatic rings. The van der Waals surface area contributed by atoms with E-state index in [1.54, 1.807) is 11.7 Å². The Bertz CT molecular complexity index is 852. The smallest absolute Gasteiger partial charge is 0.273 e. The molecule has 28 heavy (non-hydrogen) atoms. The van der Waals surface area contributed by atoms with Crippen molar-refractivity contribution in [2.75, 3.05) is 13.6 Å². The van der Waals surface area contributed by atoms with Crippen molar-refractivity contribution in [3.05, 3.63) is 41.2 Å². The molecule has 0 unspecified atom stereocenters. The first-order valence-corrected chi connectivity index (χ1v) is 9.92. The van der Waals surface area contributed by atoms with Crippen molar-refractivity contribution >= 4 is 11.8 Å². The van der Waals surface area contributed by atoms with E-state index in [1.807, 2.05) is 38.1 Å². The molecule has 7 nitrogen and oxygen atoms in total. The van der Waals surface area contributed by atoms with Gasteiger partial charge in [-0.25, -0.2) is 4.68 Å². The number of hydrogen-bond acceptors (Lipinski definition) is 4. The van der Waals surface area contributed by atoms with Gasteiger partial charge in [0.2, 0.25) is 5.91 Å². The summed E-state index contributed by atoms with van der Waals surface area (Å²) in [5, 5.41) is 14.0. The van der Waals surface area contributed by atoms with Gasteiger partial charge in [0.1, 0.15) is 0 Å². The molecule has 2 amide bonds. The summed E-state index contributed by atoms with van der Waals surface area (Å²) in [6, 6.07) is 7.91. The molecule has 2 N–H and O–H groups in total. The first-order valence-electron chi connectivity index (χ1n) is 9.92. The molecule has 1 aliphatic rings. The molecule has 0 saturated heterocycles. The van der Waals surface area contributed by atoms with Crippen LogP contribution in [0.3, 0.4) is 0 Å². The molecule has 3 rings (SSSR count). The minimum atomic E-state index is -0.238. The van der Waals surface area contributed by atoms with Crippen LogP contribution >= 0.6 is 0 Å². The van der Waals surface area contributed by atoms with Gasteiger partial charge < -0.3 is 10.6 Å². The van der Waals surface area contributed by atoms with Crippen LogP contribution in [0.2, 0.25) is 0 Å². The minimum Gasteiger partial charge on any atom is -0.359 e. The minimum absolute atomic E-state index is 0.0257. The maximum Gasteiger partial charge on any atom is 0.273 e. The van der Waals surface area contributed by atoms with Crippen LogP contribution < -0.4 is 10.6 Å². The Labute approximate surface area is 165 Å². The van der Waals surface area contributed by atoms with Crippen molar-refractivity contribution in [1.29, 1.82) is 0 Å². The zero-order valence-electron chi connectivity index (χ0n) is 16.9. The molecule has 1 saturated carbocycles. The lowest BCUT2D eigenvalue weighted by Gasteiger charge is -2.36. The van der Waals surface area contributed by atoms with Crippen LogP contribution in [0.4, 0.5) is 0 Å². The summed E-state index contributed by atoms with van der Waals surface area (Å²) in [7, 11) is 1.66. The van der Waals surface area contributed by atoms with Crippen molar-refractivity contribution in [3.8, 4) is 5.69 Å². The van der Waals surface area contributed by atoms with Crippen LogP contribution in [-0.4, -0.2) is 40.4 Å². The molecule has 0 atom stereocenters. The number of nitrogens with one attached hydrogen (secondary N) is 2. The third-order valence-electron chi connectivity index (χ3n) is 5.71. The number of nitrogens with zero attached hydrogens (tertiary/aromatic N) is 3. The van der Waals surface area contributed by atoms with Crippen molar-refractivity contribution in [3.63, 3.8) is 0 Å². The molecule has 1 fully saturated rings. The molecule has 1 heterocycles. The molecule has 1 aliphatic carbocycles. The topological polar surface area (TPSA) is 88.9 Å². The predicted octanol–water partition coefficient (Wildman–Crippen LogP) is 2.70. The fourth-order valence-corrected chi connectivity index (χ4v) is 4.04. The number of rotatable bonds is 6. The molecule has 0 radical (unpaired) electrons. The number of amides is 2. The van der Waals surface area contributed by atoms with Gasteiger partial charge in [0, 0.05) is 20.0 Å².